The smallest absolute Gasteiger partial charge is 0.410 e. The second kappa shape index (κ2) is 4.96. The lowest BCUT2D eigenvalue weighted by molar-refractivity contribution is 0.111. The van der Waals surface area contributed by atoms with Gasteiger partial charge in [-0.25, -0.2) is 9.80 Å². The summed E-state index contributed by atoms with van der Waals surface area (Å²) in [5, 5.41) is 1.70. The summed E-state index contributed by atoms with van der Waals surface area (Å²) in [7, 11) is 0. The van der Waals surface area contributed by atoms with Gasteiger partial charge >= 0.3 is 6.09 Å². The monoisotopic (exact) mass is 221 g/mol. The maximum absolute atomic E-state index is 11.7. The van der Waals surface area contributed by atoms with Crippen molar-refractivity contribution in [2.45, 2.75) is 0 Å². The summed E-state index contributed by atoms with van der Waals surface area (Å²) in [6.07, 6.45) is -0.306. The number of amides is 1. The van der Waals surface area contributed by atoms with Gasteiger partial charge in [0.2, 0.25) is 0 Å². The molecule has 16 heavy (non-hydrogen) atoms. The minimum absolute atomic E-state index is 0.306. The number of hydrazine groups is 1. The Bertz CT molecular complexity index is 348. The molecule has 2 rings (SSSR count). The number of para-hydroxylation sites is 1. The number of piperazine rings is 1. The highest BCUT2D eigenvalue weighted by Gasteiger charge is 2.20. The predicted molar refractivity (Wildman–Crippen MR) is 59.8 cm³/mol. The molecule has 86 valence electrons. The van der Waals surface area contributed by atoms with Crippen LogP contribution in [0.15, 0.2) is 30.3 Å². The van der Waals surface area contributed by atoms with Crippen LogP contribution in [-0.4, -0.2) is 42.2 Å². The van der Waals surface area contributed by atoms with E-state index < -0.39 is 0 Å². The summed E-state index contributed by atoms with van der Waals surface area (Å²) >= 11 is 0. The van der Waals surface area contributed by atoms with Gasteiger partial charge in [0.25, 0.3) is 0 Å². The molecule has 1 aromatic carbocycles. The quantitative estimate of drug-likeness (QED) is 0.708. The van der Waals surface area contributed by atoms with E-state index in [1.165, 1.54) is 0 Å². The largest absolute Gasteiger partial charge is 0.415 e. The number of hydrogen-bond donors (Lipinski definition) is 1. The Morgan fingerprint density at radius 3 is 2.38 bits per heavy atom. The van der Waals surface area contributed by atoms with Crippen molar-refractivity contribution in [1.29, 1.82) is 0 Å². The average molecular weight is 221 g/mol. The number of ether oxygens (including phenoxy) is 1. The van der Waals surface area contributed by atoms with Crippen molar-refractivity contribution in [2.75, 3.05) is 26.2 Å². The molecule has 5 nitrogen and oxygen atoms in total. The summed E-state index contributed by atoms with van der Waals surface area (Å²) in [4.78, 5) is 13.4. The van der Waals surface area contributed by atoms with E-state index in [-0.39, 0.29) is 6.09 Å². The molecular weight excluding hydrogens is 206 g/mol. The molecule has 1 aliphatic heterocycles. The Morgan fingerprint density at radius 1 is 1.12 bits per heavy atom. The van der Waals surface area contributed by atoms with E-state index in [1.54, 1.807) is 22.0 Å². The van der Waals surface area contributed by atoms with Gasteiger partial charge in [0, 0.05) is 26.2 Å². The first-order valence-corrected chi connectivity index (χ1v) is 5.27. The predicted octanol–water partition coefficient (Wildman–Crippen LogP) is 0.677. The van der Waals surface area contributed by atoms with Crippen molar-refractivity contribution in [3.05, 3.63) is 30.3 Å². The van der Waals surface area contributed by atoms with E-state index in [9.17, 15) is 4.79 Å². The molecule has 0 aromatic heterocycles. The fourth-order valence-electron chi connectivity index (χ4n) is 1.56. The molecule has 0 aliphatic carbocycles. The first-order chi connectivity index (χ1) is 7.75. The third-order valence-corrected chi connectivity index (χ3v) is 2.52. The highest BCUT2D eigenvalue weighted by atomic mass is 16.6. The topological polar surface area (TPSA) is 58.8 Å². The molecule has 1 fully saturated rings. The Balaban J connectivity index is 1.89. The van der Waals surface area contributed by atoms with E-state index in [0.29, 0.717) is 31.9 Å². The number of carbonyl (C=O) groups is 1. The van der Waals surface area contributed by atoms with Crippen molar-refractivity contribution in [3.8, 4) is 5.75 Å². The minimum atomic E-state index is -0.306. The van der Waals surface area contributed by atoms with Crippen LogP contribution in [0.1, 0.15) is 0 Å². The molecule has 1 aromatic rings. The van der Waals surface area contributed by atoms with Gasteiger partial charge in [0.1, 0.15) is 5.75 Å². The SMILES string of the molecule is NN1CCN(C(=O)Oc2ccccc2)CC1. The first kappa shape index (κ1) is 10.9. The first-order valence-electron chi connectivity index (χ1n) is 5.27. The lowest BCUT2D eigenvalue weighted by atomic mass is 10.3. The van der Waals surface area contributed by atoms with Gasteiger partial charge in [0.05, 0.1) is 0 Å². The van der Waals surface area contributed by atoms with Crippen molar-refractivity contribution >= 4 is 6.09 Å². The normalized spacial score (nSPS) is 17.2. The Morgan fingerprint density at radius 2 is 1.75 bits per heavy atom. The van der Waals surface area contributed by atoms with Crippen LogP contribution in [0.25, 0.3) is 0 Å². The zero-order valence-corrected chi connectivity index (χ0v) is 9.00. The van der Waals surface area contributed by atoms with E-state index in [2.05, 4.69) is 0 Å². The van der Waals surface area contributed by atoms with Crippen LogP contribution >= 0.6 is 0 Å². The van der Waals surface area contributed by atoms with Crippen LogP contribution in [0, 0.1) is 0 Å². The van der Waals surface area contributed by atoms with Crippen molar-refractivity contribution in [3.63, 3.8) is 0 Å². The Hall–Kier alpha value is -1.59. The maximum Gasteiger partial charge on any atom is 0.415 e. The molecule has 5 heteroatoms. The highest BCUT2D eigenvalue weighted by Crippen LogP contribution is 2.10. The zero-order valence-electron chi connectivity index (χ0n) is 9.00. The summed E-state index contributed by atoms with van der Waals surface area (Å²) < 4.78 is 5.22. The van der Waals surface area contributed by atoms with Gasteiger partial charge in [-0.3, -0.25) is 5.84 Å². The zero-order chi connectivity index (χ0) is 11.4. The number of hydrogen-bond acceptors (Lipinski definition) is 4. The molecule has 2 N–H and O–H groups in total. The summed E-state index contributed by atoms with van der Waals surface area (Å²) in [5.74, 6) is 6.18. The summed E-state index contributed by atoms with van der Waals surface area (Å²) in [6, 6.07) is 9.07. The molecule has 0 bridgehead atoms. The van der Waals surface area contributed by atoms with Gasteiger partial charge in [-0.15, -0.1) is 0 Å². The van der Waals surface area contributed by atoms with Crippen molar-refractivity contribution < 1.29 is 9.53 Å². The average Bonchev–Trinajstić information content (AvgIpc) is 2.31. The van der Waals surface area contributed by atoms with Gasteiger partial charge < -0.3 is 9.64 Å². The second-order valence-electron chi connectivity index (χ2n) is 3.70. The Kier molecular flexibility index (Phi) is 3.38. The van der Waals surface area contributed by atoms with Gasteiger partial charge in [-0.1, -0.05) is 18.2 Å². The molecule has 0 saturated carbocycles. The van der Waals surface area contributed by atoms with E-state index in [1.807, 2.05) is 18.2 Å². The minimum Gasteiger partial charge on any atom is -0.410 e. The number of carbonyl (C=O) groups excluding carboxylic acids is 1. The van der Waals surface area contributed by atoms with Crippen LogP contribution in [0.3, 0.4) is 0 Å². The van der Waals surface area contributed by atoms with Crippen LogP contribution in [-0.2, 0) is 0 Å². The van der Waals surface area contributed by atoms with Crippen molar-refractivity contribution in [2.24, 2.45) is 5.84 Å². The highest BCUT2D eigenvalue weighted by molar-refractivity contribution is 5.70. The maximum atomic E-state index is 11.7. The van der Waals surface area contributed by atoms with Crippen LogP contribution in [0.4, 0.5) is 4.79 Å². The third kappa shape index (κ3) is 2.71. The van der Waals surface area contributed by atoms with Gasteiger partial charge in [-0.05, 0) is 12.1 Å². The van der Waals surface area contributed by atoms with E-state index >= 15 is 0 Å². The van der Waals surface area contributed by atoms with Gasteiger partial charge in [-0.2, -0.15) is 0 Å². The molecule has 1 aliphatic rings. The Labute approximate surface area is 94.4 Å². The molecule has 1 saturated heterocycles. The molecule has 0 spiro atoms. The number of benzene rings is 1. The molecule has 1 amide bonds. The van der Waals surface area contributed by atoms with Crippen LogP contribution in [0.5, 0.6) is 5.75 Å². The number of nitrogens with zero attached hydrogens (tertiary/aromatic N) is 2. The molecule has 0 unspecified atom stereocenters. The third-order valence-electron chi connectivity index (χ3n) is 2.52. The van der Waals surface area contributed by atoms with E-state index in [4.69, 9.17) is 10.6 Å². The fraction of sp³-hybridized carbons (Fsp3) is 0.364. The summed E-state index contributed by atoms with van der Waals surface area (Å²) in [6.45, 7) is 2.60. The van der Waals surface area contributed by atoms with Crippen LogP contribution < -0.4 is 10.6 Å². The standard InChI is InChI=1S/C11H15N3O2/c12-14-8-6-13(7-9-14)11(15)16-10-4-2-1-3-5-10/h1-5H,6-9,12H2. The van der Waals surface area contributed by atoms with Crippen LogP contribution in [0.2, 0.25) is 0 Å². The van der Waals surface area contributed by atoms with E-state index in [0.717, 1.165) is 0 Å². The molecular formula is C11H15N3O2. The lowest BCUT2D eigenvalue weighted by Gasteiger charge is -2.31. The second-order valence-corrected chi connectivity index (χ2v) is 3.70. The van der Waals surface area contributed by atoms with Crippen molar-refractivity contribution in [1.82, 2.24) is 9.91 Å². The molecule has 1 heterocycles. The van der Waals surface area contributed by atoms with Gasteiger partial charge in [0.15, 0.2) is 0 Å². The fourth-order valence-corrected chi connectivity index (χ4v) is 1.56. The summed E-state index contributed by atoms with van der Waals surface area (Å²) in [5.41, 5.74) is 0. The number of nitrogens with two attached hydrogens (primary N) is 1. The lowest BCUT2D eigenvalue weighted by Crippen LogP contribution is -2.51. The molecule has 0 radical (unpaired) electrons. The molecule has 0 atom stereocenters. The number of rotatable bonds is 1.